The molecule has 1 amide bonds. The number of halogens is 3. The molecule has 20 heavy (non-hydrogen) atoms. The summed E-state index contributed by atoms with van der Waals surface area (Å²) >= 11 is 0. The van der Waals surface area contributed by atoms with Crippen LogP contribution in [0, 0.1) is 0 Å². The Balaban J connectivity index is 2.37. The molecule has 0 aliphatic carbocycles. The first-order valence-corrected chi connectivity index (χ1v) is 5.49. The lowest BCUT2D eigenvalue weighted by molar-refractivity contribution is -0.141. The van der Waals surface area contributed by atoms with Crippen molar-refractivity contribution >= 4 is 5.91 Å². The van der Waals surface area contributed by atoms with Gasteiger partial charge in [0.2, 0.25) is 5.89 Å². The van der Waals surface area contributed by atoms with E-state index in [0.29, 0.717) is 6.26 Å². The minimum atomic E-state index is -4.58. The minimum absolute atomic E-state index is 0.202. The highest BCUT2D eigenvalue weighted by atomic mass is 19.4. The molecule has 0 N–H and O–H groups in total. The first-order chi connectivity index (χ1) is 9.29. The summed E-state index contributed by atoms with van der Waals surface area (Å²) in [5.41, 5.74) is -0.690. The first-order valence-electron chi connectivity index (χ1n) is 5.49. The zero-order chi connectivity index (χ0) is 14.9. The van der Waals surface area contributed by atoms with E-state index in [1.807, 2.05) is 0 Å². The van der Waals surface area contributed by atoms with Gasteiger partial charge in [0.05, 0.1) is 11.1 Å². The molecule has 2 heterocycles. The Hall–Kier alpha value is -2.38. The average Bonchev–Trinajstić information content (AvgIpc) is 2.87. The van der Waals surface area contributed by atoms with Crippen molar-refractivity contribution in [3.63, 3.8) is 0 Å². The van der Waals surface area contributed by atoms with Crippen LogP contribution in [-0.4, -0.2) is 34.9 Å². The molecule has 0 unspecified atom stereocenters. The first kappa shape index (κ1) is 14.0. The highest BCUT2D eigenvalue weighted by Gasteiger charge is 2.35. The summed E-state index contributed by atoms with van der Waals surface area (Å²) in [6.07, 6.45) is -1.46. The van der Waals surface area contributed by atoms with Crippen molar-refractivity contribution in [2.24, 2.45) is 0 Å². The van der Waals surface area contributed by atoms with E-state index in [1.165, 1.54) is 23.4 Å². The molecular formula is C12H10F3N3O2. The van der Waals surface area contributed by atoms with Gasteiger partial charge in [-0.2, -0.15) is 13.2 Å². The summed E-state index contributed by atoms with van der Waals surface area (Å²) in [4.78, 5) is 20.2. The van der Waals surface area contributed by atoms with Crippen molar-refractivity contribution in [1.82, 2.24) is 14.9 Å². The van der Waals surface area contributed by atoms with Gasteiger partial charge in [0, 0.05) is 26.5 Å². The SMILES string of the molecule is CN(C)C(=O)c1cncc(-c2nc(C(F)(F)F)co2)c1. The molecular weight excluding hydrogens is 275 g/mol. The summed E-state index contributed by atoms with van der Waals surface area (Å²) in [6, 6.07) is 1.38. The van der Waals surface area contributed by atoms with E-state index in [-0.39, 0.29) is 22.9 Å². The van der Waals surface area contributed by atoms with Gasteiger partial charge in [-0.1, -0.05) is 0 Å². The van der Waals surface area contributed by atoms with E-state index in [4.69, 9.17) is 4.42 Å². The summed E-state index contributed by atoms with van der Waals surface area (Å²) in [6.45, 7) is 0. The van der Waals surface area contributed by atoms with E-state index in [2.05, 4.69) is 9.97 Å². The highest BCUT2D eigenvalue weighted by Crippen LogP contribution is 2.30. The van der Waals surface area contributed by atoms with Crippen LogP contribution in [-0.2, 0) is 6.18 Å². The summed E-state index contributed by atoms with van der Waals surface area (Å²) in [7, 11) is 3.11. The van der Waals surface area contributed by atoms with Gasteiger partial charge in [-0.05, 0) is 6.07 Å². The average molecular weight is 285 g/mol. The Morgan fingerprint density at radius 3 is 2.55 bits per heavy atom. The van der Waals surface area contributed by atoms with Gasteiger partial charge in [0.15, 0.2) is 5.69 Å². The fourth-order valence-corrected chi connectivity index (χ4v) is 1.47. The molecule has 0 saturated carbocycles. The van der Waals surface area contributed by atoms with Gasteiger partial charge in [-0.25, -0.2) is 4.98 Å². The normalized spacial score (nSPS) is 11.4. The zero-order valence-electron chi connectivity index (χ0n) is 10.6. The molecule has 0 saturated heterocycles. The van der Waals surface area contributed by atoms with Gasteiger partial charge in [-0.15, -0.1) is 0 Å². The number of nitrogens with zero attached hydrogens (tertiary/aromatic N) is 3. The number of rotatable bonds is 2. The fraction of sp³-hybridized carbons (Fsp3) is 0.250. The predicted octanol–water partition coefficient (Wildman–Crippen LogP) is 2.46. The molecule has 106 valence electrons. The Kier molecular flexibility index (Phi) is 3.47. The molecule has 2 aromatic rings. The number of hydrogen-bond acceptors (Lipinski definition) is 4. The van der Waals surface area contributed by atoms with Gasteiger partial charge in [-0.3, -0.25) is 9.78 Å². The fourth-order valence-electron chi connectivity index (χ4n) is 1.47. The third-order valence-electron chi connectivity index (χ3n) is 2.43. The molecule has 0 aliphatic heterocycles. The molecule has 2 rings (SSSR count). The minimum Gasteiger partial charge on any atom is -0.444 e. The summed E-state index contributed by atoms with van der Waals surface area (Å²) in [5.74, 6) is -0.555. The molecule has 0 aromatic carbocycles. The van der Waals surface area contributed by atoms with Crippen LogP contribution in [0.15, 0.2) is 29.1 Å². The smallest absolute Gasteiger partial charge is 0.436 e. The summed E-state index contributed by atoms with van der Waals surface area (Å²) in [5, 5.41) is 0. The summed E-state index contributed by atoms with van der Waals surface area (Å²) < 4.78 is 42.1. The Morgan fingerprint density at radius 1 is 1.30 bits per heavy atom. The quantitative estimate of drug-likeness (QED) is 0.850. The van der Waals surface area contributed by atoms with E-state index >= 15 is 0 Å². The van der Waals surface area contributed by atoms with Gasteiger partial charge < -0.3 is 9.32 Å². The number of amides is 1. The molecule has 2 aromatic heterocycles. The molecule has 0 aliphatic rings. The molecule has 0 bridgehead atoms. The lowest BCUT2D eigenvalue weighted by Gasteiger charge is -2.09. The molecule has 0 fully saturated rings. The Bertz CT molecular complexity index is 635. The van der Waals surface area contributed by atoms with E-state index in [1.54, 1.807) is 14.1 Å². The maximum absolute atomic E-state index is 12.4. The lowest BCUT2D eigenvalue weighted by atomic mass is 10.2. The standard InChI is InChI=1S/C12H10F3N3O2/c1-18(2)11(19)8-3-7(4-16-5-8)10-17-9(6-20-10)12(13,14)15/h3-6H,1-2H3. The largest absolute Gasteiger partial charge is 0.444 e. The van der Waals surface area contributed by atoms with Crippen LogP contribution in [0.4, 0.5) is 13.2 Å². The van der Waals surface area contributed by atoms with Crippen LogP contribution < -0.4 is 0 Å². The number of carbonyl (C=O) groups is 1. The van der Waals surface area contributed by atoms with Crippen molar-refractivity contribution in [2.75, 3.05) is 14.1 Å². The van der Waals surface area contributed by atoms with Crippen LogP contribution in [0.5, 0.6) is 0 Å². The number of oxazole rings is 1. The van der Waals surface area contributed by atoms with Crippen molar-refractivity contribution in [3.8, 4) is 11.5 Å². The van der Waals surface area contributed by atoms with Crippen LogP contribution in [0.1, 0.15) is 16.1 Å². The van der Waals surface area contributed by atoms with Crippen LogP contribution in [0.2, 0.25) is 0 Å². The molecule has 5 nitrogen and oxygen atoms in total. The topological polar surface area (TPSA) is 59.2 Å². The van der Waals surface area contributed by atoms with Crippen molar-refractivity contribution in [1.29, 1.82) is 0 Å². The van der Waals surface area contributed by atoms with Crippen molar-refractivity contribution in [3.05, 3.63) is 36.0 Å². The maximum atomic E-state index is 12.4. The third-order valence-corrected chi connectivity index (χ3v) is 2.43. The molecule has 0 spiro atoms. The molecule has 8 heteroatoms. The van der Waals surface area contributed by atoms with Gasteiger partial charge >= 0.3 is 6.18 Å². The lowest BCUT2D eigenvalue weighted by Crippen LogP contribution is -2.21. The number of aromatic nitrogens is 2. The second-order valence-corrected chi connectivity index (χ2v) is 4.20. The van der Waals surface area contributed by atoms with Gasteiger partial charge in [0.1, 0.15) is 6.26 Å². The van der Waals surface area contributed by atoms with Crippen molar-refractivity contribution in [2.45, 2.75) is 6.18 Å². The van der Waals surface area contributed by atoms with Crippen LogP contribution in [0.25, 0.3) is 11.5 Å². The Labute approximate surface area is 112 Å². The monoisotopic (exact) mass is 285 g/mol. The number of carbonyl (C=O) groups excluding carboxylic acids is 1. The molecule has 0 atom stereocenters. The third kappa shape index (κ3) is 2.79. The van der Waals surface area contributed by atoms with E-state index in [9.17, 15) is 18.0 Å². The second-order valence-electron chi connectivity index (χ2n) is 4.20. The molecule has 0 radical (unpaired) electrons. The maximum Gasteiger partial charge on any atom is 0.436 e. The highest BCUT2D eigenvalue weighted by molar-refractivity contribution is 5.94. The second kappa shape index (κ2) is 4.95. The predicted molar refractivity (Wildman–Crippen MR) is 62.8 cm³/mol. The van der Waals surface area contributed by atoms with Crippen LogP contribution in [0.3, 0.4) is 0 Å². The Morgan fingerprint density at radius 2 is 2.00 bits per heavy atom. The number of pyridine rings is 1. The number of hydrogen-bond donors (Lipinski definition) is 0. The van der Waals surface area contributed by atoms with Crippen molar-refractivity contribution < 1.29 is 22.4 Å². The number of alkyl halides is 3. The zero-order valence-corrected chi connectivity index (χ0v) is 10.6. The van der Waals surface area contributed by atoms with E-state index < -0.39 is 11.9 Å². The van der Waals surface area contributed by atoms with Gasteiger partial charge in [0.25, 0.3) is 5.91 Å². The van der Waals surface area contributed by atoms with Crippen LogP contribution >= 0.6 is 0 Å². The van der Waals surface area contributed by atoms with E-state index in [0.717, 1.165) is 0 Å².